The van der Waals surface area contributed by atoms with Crippen molar-refractivity contribution in [2.24, 2.45) is 0 Å². The lowest BCUT2D eigenvalue weighted by Gasteiger charge is -2.18. The average molecular weight is 425 g/mol. The zero-order valence-corrected chi connectivity index (χ0v) is 16.0. The summed E-state index contributed by atoms with van der Waals surface area (Å²) in [6, 6.07) is 2.45. The third-order valence-corrected chi connectivity index (χ3v) is 4.95. The number of unbranched alkanes of at least 4 members (excludes halogenated alkanes) is 2. The number of carbonyl (C=O) groups excluding carboxylic acids is 2. The standard InChI is InChI=1S/C18H21BrN2O5/c1-25-15-8-12-13(9-16(15)26-6-4-2-3-5-19)20-17(23)14-7-11(22)10-21(14)18(12)24/h8-10,14,22H,2-7H2,1H3,(H,20,23). The van der Waals surface area contributed by atoms with E-state index < -0.39 is 6.04 Å². The van der Waals surface area contributed by atoms with Gasteiger partial charge in [0, 0.05) is 24.0 Å². The number of amides is 2. The van der Waals surface area contributed by atoms with Crippen LogP contribution in [-0.2, 0) is 4.79 Å². The molecule has 7 nitrogen and oxygen atoms in total. The number of rotatable bonds is 7. The molecular weight excluding hydrogens is 404 g/mol. The molecule has 1 atom stereocenters. The Morgan fingerprint density at radius 2 is 2.08 bits per heavy atom. The van der Waals surface area contributed by atoms with E-state index >= 15 is 0 Å². The number of nitrogens with zero attached hydrogens (tertiary/aromatic N) is 1. The van der Waals surface area contributed by atoms with Crippen molar-refractivity contribution in [1.82, 2.24) is 4.90 Å². The monoisotopic (exact) mass is 424 g/mol. The number of halogens is 1. The lowest BCUT2D eigenvalue weighted by atomic mass is 10.1. The topological polar surface area (TPSA) is 88.1 Å². The van der Waals surface area contributed by atoms with Gasteiger partial charge in [0.1, 0.15) is 11.8 Å². The van der Waals surface area contributed by atoms with Gasteiger partial charge in [-0.2, -0.15) is 0 Å². The maximum Gasteiger partial charge on any atom is 0.260 e. The third-order valence-electron chi connectivity index (χ3n) is 4.39. The van der Waals surface area contributed by atoms with E-state index in [0.717, 1.165) is 24.6 Å². The molecule has 0 saturated carbocycles. The summed E-state index contributed by atoms with van der Waals surface area (Å²) in [5.74, 6) is 0.217. The van der Waals surface area contributed by atoms with Gasteiger partial charge in [-0.25, -0.2) is 0 Å². The highest BCUT2D eigenvalue weighted by Gasteiger charge is 2.39. The van der Waals surface area contributed by atoms with Crippen LogP contribution in [0.3, 0.4) is 0 Å². The summed E-state index contributed by atoms with van der Waals surface area (Å²) in [5, 5.41) is 13.4. The second-order valence-corrected chi connectivity index (χ2v) is 6.98. The van der Waals surface area contributed by atoms with E-state index in [1.807, 2.05) is 0 Å². The molecule has 1 unspecified atom stereocenters. The quantitative estimate of drug-likeness (QED) is 0.518. The lowest BCUT2D eigenvalue weighted by molar-refractivity contribution is -0.119. The van der Waals surface area contributed by atoms with Gasteiger partial charge in [0.2, 0.25) is 5.91 Å². The summed E-state index contributed by atoms with van der Waals surface area (Å²) in [7, 11) is 1.50. The van der Waals surface area contributed by atoms with Crippen LogP contribution in [0, 0.1) is 0 Å². The summed E-state index contributed by atoms with van der Waals surface area (Å²) in [4.78, 5) is 26.5. The van der Waals surface area contributed by atoms with Crippen LogP contribution < -0.4 is 14.8 Å². The van der Waals surface area contributed by atoms with Gasteiger partial charge >= 0.3 is 0 Å². The highest BCUT2D eigenvalue weighted by Crippen LogP contribution is 2.37. The molecule has 0 fully saturated rings. The van der Waals surface area contributed by atoms with Crippen molar-refractivity contribution in [3.05, 3.63) is 29.7 Å². The molecule has 0 bridgehead atoms. The zero-order valence-electron chi connectivity index (χ0n) is 14.5. The van der Waals surface area contributed by atoms with Crippen molar-refractivity contribution in [2.45, 2.75) is 31.7 Å². The zero-order chi connectivity index (χ0) is 18.7. The molecule has 2 heterocycles. The largest absolute Gasteiger partial charge is 0.511 e. The molecule has 8 heteroatoms. The Kier molecular flexibility index (Phi) is 5.70. The van der Waals surface area contributed by atoms with Crippen LogP contribution in [-0.4, -0.2) is 46.9 Å². The Hall–Kier alpha value is -2.22. The molecule has 0 saturated heterocycles. The highest BCUT2D eigenvalue weighted by molar-refractivity contribution is 9.09. The predicted octanol–water partition coefficient (Wildman–Crippen LogP) is 3.21. The Morgan fingerprint density at radius 1 is 1.27 bits per heavy atom. The van der Waals surface area contributed by atoms with Crippen molar-refractivity contribution < 1.29 is 24.2 Å². The fourth-order valence-electron chi connectivity index (χ4n) is 3.04. The number of aliphatic hydroxyl groups excluding tert-OH is 1. The first kappa shape index (κ1) is 18.6. The van der Waals surface area contributed by atoms with Crippen LogP contribution in [0.25, 0.3) is 0 Å². The first-order valence-corrected chi connectivity index (χ1v) is 9.61. The minimum atomic E-state index is -0.741. The smallest absolute Gasteiger partial charge is 0.260 e. The number of alkyl halides is 1. The molecule has 0 aromatic heterocycles. The molecule has 2 N–H and O–H groups in total. The number of anilines is 1. The molecule has 26 heavy (non-hydrogen) atoms. The number of hydrogen-bond acceptors (Lipinski definition) is 5. The summed E-state index contributed by atoms with van der Waals surface area (Å²) in [5.41, 5.74) is 0.689. The molecule has 2 amide bonds. The SMILES string of the molecule is COc1cc2c(cc1OCCCCCBr)NC(=O)C1CC(O)=CN1C2=O. The van der Waals surface area contributed by atoms with E-state index in [9.17, 15) is 14.7 Å². The molecule has 1 aromatic rings. The number of methoxy groups -OCH3 is 1. The summed E-state index contributed by atoms with van der Waals surface area (Å²) < 4.78 is 11.2. The van der Waals surface area contributed by atoms with Crippen LogP contribution in [0.1, 0.15) is 36.0 Å². The van der Waals surface area contributed by atoms with Crippen LogP contribution in [0.4, 0.5) is 5.69 Å². The molecule has 2 aliphatic heterocycles. The number of aliphatic hydroxyl groups is 1. The second-order valence-electron chi connectivity index (χ2n) is 6.19. The molecule has 3 rings (SSSR count). The van der Waals surface area contributed by atoms with Gasteiger partial charge in [0.25, 0.3) is 5.91 Å². The first-order chi connectivity index (χ1) is 12.5. The number of fused-ring (bicyclic) bond motifs is 2. The average Bonchev–Trinajstić information content (AvgIpc) is 2.99. The van der Waals surface area contributed by atoms with Crippen LogP contribution in [0.15, 0.2) is 24.1 Å². The number of carbonyl (C=O) groups is 2. The molecule has 1 aromatic carbocycles. The van der Waals surface area contributed by atoms with Gasteiger partial charge in [-0.1, -0.05) is 15.9 Å². The summed E-state index contributed by atoms with van der Waals surface area (Å²) in [6.45, 7) is 0.523. The van der Waals surface area contributed by atoms with Gasteiger partial charge < -0.3 is 19.9 Å². The summed E-state index contributed by atoms with van der Waals surface area (Å²) >= 11 is 3.40. The fourth-order valence-corrected chi connectivity index (χ4v) is 3.44. The van der Waals surface area contributed by atoms with E-state index in [0.29, 0.717) is 29.4 Å². The first-order valence-electron chi connectivity index (χ1n) is 8.49. The molecular formula is C18H21BrN2O5. The normalized spacial score (nSPS) is 18.6. The lowest BCUT2D eigenvalue weighted by Crippen LogP contribution is -2.38. The van der Waals surface area contributed by atoms with E-state index in [1.165, 1.54) is 18.2 Å². The Morgan fingerprint density at radius 3 is 2.81 bits per heavy atom. The molecule has 0 aliphatic carbocycles. The predicted molar refractivity (Wildman–Crippen MR) is 100 cm³/mol. The van der Waals surface area contributed by atoms with Crippen molar-refractivity contribution in [2.75, 3.05) is 24.4 Å². The Bertz CT molecular complexity index is 749. The Balaban J connectivity index is 1.86. The van der Waals surface area contributed by atoms with Crippen LogP contribution in [0.2, 0.25) is 0 Å². The summed E-state index contributed by atoms with van der Waals surface area (Å²) in [6.07, 6.45) is 4.44. The number of hydrogen-bond donors (Lipinski definition) is 2. The van der Waals surface area contributed by atoms with Crippen molar-refractivity contribution in [3.63, 3.8) is 0 Å². The van der Waals surface area contributed by atoms with Crippen molar-refractivity contribution in [1.29, 1.82) is 0 Å². The van der Waals surface area contributed by atoms with Gasteiger partial charge in [-0.15, -0.1) is 0 Å². The fraction of sp³-hybridized carbons (Fsp3) is 0.444. The van der Waals surface area contributed by atoms with E-state index in [1.54, 1.807) is 12.1 Å². The van der Waals surface area contributed by atoms with E-state index in [4.69, 9.17) is 9.47 Å². The van der Waals surface area contributed by atoms with E-state index in [-0.39, 0.29) is 24.0 Å². The number of nitrogens with one attached hydrogen (secondary N) is 1. The van der Waals surface area contributed by atoms with Gasteiger partial charge in [0.05, 0.1) is 25.0 Å². The van der Waals surface area contributed by atoms with Crippen molar-refractivity contribution >= 4 is 33.4 Å². The van der Waals surface area contributed by atoms with E-state index in [2.05, 4.69) is 21.2 Å². The second kappa shape index (κ2) is 7.99. The minimum Gasteiger partial charge on any atom is -0.511 e. The molecule has 140 valence electrons. The number of ether oxygens (including phenoxy) is 2. The molecule has 2 aliphatic rings. The van der Waals surface area contributed by atoms with Crippen LogP contribution in [0.5, 0.6) is 11.5 Å². The Labute approximate surface area is 160 Å². The van der Waals surface area contributed by atoms with Gasteiger partial charge in [-0.05, 0) is 25.3 Å². The highest BCUT2D eigenvalue weighted by atomic mass is 79.9. The van der Waals surface area contributed by atoms with Gasteiger partial charge in [-0.3, -0.25) is 14.5 Å². The molecule has 0 spiro atoms. The van der Waals surface area contributed by atoms with Gasteiger partial charge in [0.15, 0.2) is 11.5 Å². The maximum atomic E-state index is 12.8. The minimum absolute atomic E-state index is 0.0114. The van der Waals surface area contributed by atoms with Crippen LogP contribution >= 0.6 is 15.9 Å². The third kappa shape index (κ3) is 3.65. The molecule has 0 radical (unpaired) electrons. The van der Waals surface area contributed by atoms with Crippen molar-refractivity contribution in [3.8, 4) is 11.5 Å². The maximum absolute atomic E-state index is 12.8. The number of benzene rings is 1.